The van der Waals surface area contributed by atoms with Gasteiger partial charge in [-0.05, 0) is 29.8 Å². The number of nitriles is 1. The SMILES string of the molecule is N#Cc1cc(F)cc(-c2cc(Cl)c(O)cc2Cl)c1. The lowest BCUT2D eigenvalue weighted by atomic mass is 10.0. The van der Waals surface area contributed by atoms with E-state index in [1.807, 2.05) is 6.07 Å². The Labute approximate surface area is 113 Å². The summed E-state index contributed by atoms with van der Waals surface area (Å²) in [6.45, 7) is 0. The van der Waals surface area contributed by atoms with Crippen molar-refractivity contribution in [3.05, 3.63) is 51.8 Å². The molecule has 0 aliphatic rings. The lowest BCUT2D eigenvalue weighted by Gasteiger charge is -2.07. The highest BCUT2D eigenvalue weighted by molar-refractivity contribution is 6.36. The van der Waals surface area contributed by atoms with Crippen molar-refractivity contribution in [2.75, 3.05) is 0 Å². The Morgan fingerprint density at radius 2 is 1.78 bits per heavy atom. The summed E-state index contributed by atoms with van der Waals surface area (Å²) >= 11 is 11.7. The zero-order valence-corrected chi connectivity index (χ0v) is 10.4. The Kier molecular flexibility index (Phi) is 3.42. The largest absolute Gasteiger partial charge is 0.506 e. The van der Waals surface area contributed by atoms with E-state index >= 15 is 0 Å². The molecular weight excluding hydrogens is 276 g/mol. The molecule has 0 aliphatic carbocycles. The number of hydrogen-bond acceptors (Lipinski definition) is 2. The number of nitrogens with zero attached hydrogens (tertiary/aromatic N) is 1. The molecule has 2 aromatic rings. The molecule has 90 valence electrons. The molecule has 0 atom stereocenters. The number of halogens is 3. The molecule has 0 saturated heterocycles. The van der Waals surface area contributed by atoms with Crippen LogP contribution in [0, 0.1) is 17.1 Å². The van der Waals surface area contributed by atoms with E-state index in [9.17, 15) is 9.50 Å². The molecule has 0 unspecified atom stereocenters. The molecule has 0 bridgehead atoms. The summed E-state index contributed by atoms with van der Waals surface area (Å²) in [5.74, 6) is -0.688. The van der Waals surface area contributed by atoms with Gasteiger partial charge < -0.3 is 5.11 Å². The summed E-state index contributed by atoms with van der Waals surface area (Å²) in [6.07, 6.45) is 0. The molecule has 0 radical (unpaired) electrons. The van der Waals surface area contributed by atoms with Gasteiger partial charge in [0.15, 0.2) is 0 Å². The molecule has 1 N–H and O–H groups in total. The normalized spacial score (nSPS) is 10.1. The van der Waals surface area contributed by atoms with Gasteiger partial charge in [0.25, 0.3) is 0 Å². The van der Waals surface area contributed by atoms with Crippen LogP contribution in [0.5, 0.6) is 5.75 Å². The van der Waals surface area contributed by atoms with Crippen molar-refractivity contribution in [3.63, 3.8) is 0 Å². The van der Waals surface area contributed by atoms with Gasteiger partial charge in [-0.1, -0.05) is 23.2 Å². The maximum absolute atomic E-state index is 13.3. The summed E-state index contributed by atoms with van der Waals surface area (Å²) in [5, 5.41) is 18.5. The molecule has 0 fully saturated rings. The van der Waals surface area contributed by atoms with Crippen LogP contribution in [-0.2, 0) is 0 Å². The van der Waals surface area contributed by atoms with Crippen molar-refractivity contribution in [2.24, 2.45) is 0 Å². The first-order valence-corrected chi connectivity index (χ1v) is 5.66. The van der Waals surface area contributed by atoms with Gasteiger partial charge in [0.05, 0.1) is 21.7 Å². The number of phenolic OH excluding ortho intramolecular Hbond substituents is 1. The predicted molar refractivity (Wildman–Crippen MR) is 68.2 cm³/mol. The minimum atomic E-state index is -0.538. The van der Waals surface area contributed by atoms with Gasteiger partial charge in [-0.3, -0.25) is 0 Å². The molecule has 2 nitrogen and oxygen atoms in total. The third-order valence-electron chi connectivity index (χ3n) is 2.37. The molecular formula is C13H6Cl2FNO. The summed E-state index contributed by atoms with van der Waals surface area (Å²) in [6, 6.07) is 8.43. The average Bonchev–Trinajstić information content (AvgIpc) is 2.33. The van der Waals surface area contributed by atoms with Crippen molar-refractivity contribution in [1.29, 1.82) is 5.26 Å². The van der Waals surface area contributed by atoms with E-state index in [0.717, 1.165) is 6.07 Å². The molecule has 0 saturated carbocycles. The lowest BCUT2D eigenvalue weighted by Crippen LogP contribution is -1.86. The van der Waals surface area contributed by atoms with E-state index in [1.165, 1.54) is 24.3 Å². The topological polar surface area (TPSA) is 44.0 Å². The number of aromatic hydroxyl groups is 1. The van der Waals surface area contributed by atoms with Crippen LogP contribution in [0.3, 0.4) is 0 Å². The summed E-state index contributed by atoms with van der Waals surface area (Å²) in [4.78, 5) is 0. The maximum Gasteiger partial charge on any atom is 0.135 e. The van der Waals surface area contributed by atoms with E-state index in [2.05, 4.69) is 0 Å². The number of rotatable bonds is 1. The lowest BCUT2D eigenvalue weighted by molar-refractivity contribution is 0.475. The van der Waals surface area contributed by atoms with Crippen molar-refractivity contribution >= 4 is 23.2 Å². The second-order valence-corrected chi connectivity index (χ2v) is 4.44. The van der Waals surface area contributed by atoms with Crippen LogP contribution < -0.4 is 0 Å². The molecule has 5 heteroatoms. The zero-order valence-electron chi connectivity index (χ0n) is 8.92. The average molecular weight is 282 g/mol. The number of hydrogen-bond donors (Lipinski definition) is 1. The maximum atomic E-state index is 13.3. The van der Waals surface area contributed by atoms with Crippen LogP contribution in [0.4, 0.5) is 4.39 Å². The first-order chi connectivity index (χ1) is 8.51. The van der Waals surface area contributed by atoms with E-state index < -0.39 is 5.82 Å². The Hall–Kier alpha value is -1.76. The minimum absolute atomic E-state index is 0.108. The fraction of sp³-hybridized carbons (Fsp3) is 0. The van der Waals surface area contributed by atoms with Crippen LogP contribution in [-0.4, -0.2) is 5.11 Å². The molecule has 0 spiro atoms. The van der Waals surface area contributed by atoms with Crippen LogP contribution >= 0.6 is 23.2 Å². The van der Waals surface area contributed by atoms with Gasteiger partial charge in [0.2, 0.25) is 0 Å². The molecule has 2 rings (SSSR count). The van der Waals surface area contributed by atoms with Crippen molar-refractivity contribution in [3.8, 4) is 22.9 Å². The van der Waals surface area contributed by atoms with Crippen LogP contribution in [0.2, 0.25) is 10.0 Å². The van der Waals surface area contributed by atoms with Crippen molar-refractivity contribution in [2.45, 2.75) is 0 Å². The fourth-order valence-corrected chi connectivity index (χ4v) is 2.00. The molecule has 0 aliphatic heterocycles. The second-order valence-electron chi connectivity index (χ2n) is 3.62. The summed E-state index contributed by atoms with van der Waals surface area (Å²) in [5.41, 5.74) is 1.07. The highest BCUT2D eigenvalue weighted by atomic mass is 35.5. The predicted octanol–water partition coefficient (Wildman–Crippen LogP) is 4.38. The Bertz CT molecular complexity index is 665. The number of benzene rings is 2. The van der Waals surface area contributed by atoms with Gasteiger partial charge >= 0.3 is 0 Å². The van der Waals surface area contributed by atoms with Crippen LogP contribution in [0.15, 0.2) is 30.3 Å². The van der Waals surface area contributed by atoms with Gasteiger partial charge in [-0.15, -0.1) is 0 Å². The molecule has 0 amide bonds. The van der Waals surface area contributed by atoms with Gasteiger partial charge in [0, 0.05) is 11.6 Å². The summed E-state index contributed by atoms with van der Waals surface area (Å²) < 4.78 is 13.3. The first-order valence-electron chi connectivity index (χ1n) is 4.90. The highest BCUT2D eigenvalue weighted by Crippen LogP contribution is 2.36. The summed E-state index contributed by atoms with van der Waals surface area (Å²) in [7, 11) is 0. The van der Waals surface area contributed by atoms with Gasteiger partial charge in [-0.25, -0.2) is 4.39 Å². The monoisotopic (exact) mass is 281 g/mol. The minimum Gasteiger partial charge on any atom is -0.506 e. The van der Waals surface area contributed by atoms with E-state index in [1.54, 1.807) is 0 Å². The third kappa shape index (κ3) is 2.40. The fourth-order valence-electron chi connectivity index (χ4n) is 1.57. The van der Waals surface area contributed by atoms with Crippen molar-refractivity contribution in [1.82, 2.24) is 0 Å². The van der Waals surface area contributed by atoms with E-state index in [4.69, 9.17) is 28.5 Å². The number of phenols is 1. The first kappa shape index (κ1) is 12.7. The van der Waals surface area contributed by atoms with Crippen molar-refractivity contribution < 1.29 is 9.50 Å². The molecule has 18 heavy (non-hydrogen) atoms. The molecule has 2 aromatic carbocycles. The quantitative estimate of drug-likeness (QED) is 0.843. The molecule has 0 heterocycles. The van der Waals surface area contributed by atoms with Gasteiger partial charge in [-0.2, -0.15) is 5.26 Å². The smallest absolute Gasteiger partial charge is 0.135 e. The van der Waals surface area contributed by atoms with Crippen LogP contribution in [0.1, 0.15) is 5.56 Å². The highest BCUT2D eigenvalue weighted by Gasteiger charge is 2.10. The standard InChI is InChI=1S/C13H6Cl2FNO/c14-11-5-13(18)12(15)4-10(11)8-1-7(6-17)2-9(16)3-8/h1-5,18H. The third-order valence-corrected chi connectivity index (χ3v) is 2.99. The van der Waals surface area contributed by atoms with Gasteiger partial charge in [0.1, 0.15) is 11.6 Å². The Morgan fingerprint density at radius 1 is 1.06 bits per heavy atom. The Balaban J connectivity index is 2.66. The molecule has 0 aromatic heterocycles. The second kappa shape index (κ2) is 4.85. The zero-order chi connectivity index (χ0) is 13.3. The Morgan fingerprint density at radius 3 is 2.44 bits per heavy atom. The van der Waals surface area contributed by atoms with E-state index in [-0.39, 0.29) is 21.4 Å². The van der Waals surface area contributed by atoms with Crippen LogP contribution in [0.25, 0.3) is 11.1 Å². The van der Waals surface area contributed by atoms with E-state index in [0.29, 0.717) is 11.1 Å².